The van der Waals surface area contributed by atoms with Gasteiger partial charge in [0.05, 0.1) is 0 Å². The van der Waals surface area contributed by atoms with Crippen LogP contribution < -0.4 is 5.32 Å². The van der Waals surface area contributed by atoms with Crippen LogP contribution in [0.1, 0.15) is 0 Å². The number of halogens is 3. The van der Waals surface area contributed by atoms with Gasteiger partial charge in [-0.2, -0.15) is 4.99 Å². The summed E-state index contributed by atoms with van der Waals surface area (Å²) in [6.07, 6.45) is -4.79. The lowest BCUT2D eigenvalue weighted by atomic mass is 10.7. The second-order valence-corrected chi connectivity index (χ2v) is 1.65. The van der Waals surface area contributed by atoms with Crippen LogP contribution in [0.5, 0.6) is 0 Å². The van der Waals surface area contributed by atoms with Gasteiger partial charge < -0.3 is 4.74 Å². The van der Waals surface area contributed by atoms with Crippen molar-refractivity contribution in [2.24, 2.45) is 4.99 Å². The lowest BCUT2D eigenvalue weighted by Gasteiger charge is -2.05. The van der Waals surface area contributed by atoms with Gasteiger partial charge in [0.2, 0.25) is 5.90 Å². The second-order valence-electron chi connectivity index (χ2n) is 1.65. The van der Waals surface area contributed by atoms with E-state index in [9.17, 15) is 18.0 Å². The minimum absolute atomic E-state index is 0.432. The van der Waals surface area contributed by atoms with Crippen LogP contribution >= 0.6 is 0 Å². The lowest BCUT2D eigenvalue weighted by molar-refractivity contribution is -0.283. The molecule has 1 aliphatic heterocycles. The van der Waals surface area contributed by atoms with Gasteiger partial charge in [0.1, 0.15) is 6.54 Å². The van der Waals surface area contributed by atoms with E-state index in [2.05, 4.69) is 15.0 Å². The molecule has 0 unspecified atom stereocenters. The monoisotopic (exact) mass is 167 g/mol. The van der Waals surface area contributed by atoms with Crippen molar-refractivity contribution < 1.29 is 22.7 Å². The highest BCUT2D eigenvalue weighted by Crippen LogP contribution is 2.17. The van der Waals surface area contributed by atoms with E-state index in [1.54, 1.807) is 0 Å². The van der Waals surface area contributed by atoms with Crippen LogP contribution in [-0.2, 0) is 4.74 Å². The molecule has 0 atom stereocenters. The van der Waals surface area contributed by atoms with E-state index in [0.717, 1.165) is 0 Å². The van der Waals surface area contributed by atoms with Gasteiger partial charge in [-0.3, -0.25) is 0 Å². The normalized spacial score (nSPS) is 17.7. The second kappa shape index (κ2) is 2.40. The fraction of sp³-hybridized carbons (Fsp3) is 0.500. The molecule has 0 bridgehead atoms. The van der Waals surface area contributed by atoms with Gasteiger partial charge in [-0.15, -0.1) is 13.2 Å². The molecule has 1 aliphatic rings. The van der Waals surface area contributed by atoms with E-state index in [0.29, 0.717) is 0 Å². The molecular formula is C4H2F3N2O2. The molecule has 0 N–H and O–H groups in total. The number of ether oxygens (including phenoxy) is 1. The molecule has 1 rings (SSSR count). The number of carbonyl (C=O) groups is 1. The molecular weight excluding hydrogens is 165 g/mol. The van der Waals surface area contributed by atoms with Crippen LogP contribution in [0.15, 0.2) is 4.99 Å². The maximum Gasteiger partial charge on any atom is 0.574 e. The Balaban J connectivity index is 2.51. The Morgan fingerprint density at radius 2 is 2.09 bits per heavy atom. The number of hydrogen-bond acceptors (Lipinski definition) is 2. The van der Waals surface area contributed by atoms with Crippen LogP contribution in [0.4, 0.5) is 18.0 Å². The molecule has 2 amide bonds. The number of urea groups is 1. The van der Waals surface area contributed by atoms with Gasteiger partial charge in [-0.25, -0.2) is 10.1 Å². The number of alkyl halides is 3. The van der Waals surface area contributed by atoms with Crippen molar-refractivity contribution in [3.63, 3.8) is 0 Å². The molecule has 0 spiro atoms. The third-order valence-corrected chi connectivity index (χ3v) is 0.803. The van der Waals surface area contributed by atoms with E-state index in [1.807, 2.05) is 0 Å². The molecule has 1 radical (unpaired) electrons. The fourth-order valence-electron chi connectivity index (χ4n) is 0.501. The quantitative estimate of drug-likeness (QED) is 0.532. The first-order valence-corrected chi connectivity index (χ1v) is 2.52. The van der Waals surface area contributed by atoms with Gasteiger partial charge in [-0.1, -0.05) is 0 Å². The zero-order valence-electron chi connectivity index (χ0n) is 5.05. The number of aliphatic imine (C=N–C) groups is 1. The van der Waals surface area contributed by atoms with Crippen molar-refractivity contribution in [1.29, 1.82) is 0 Å². The van der Waals surface area contributed by atoms with Crippen molar-refractivity contribution in [3.05, 3.63) is 0 Å². The van der Waals surface area contributed by atoms with Crippen LogP contribution in [0.25, 0.3) is 0 Å². The summed E-state index contributed by atoms with van der Waals surface area (Å²) in [6, 6.07) is -0.941. The molecule has 0 saturated heterocycles. The zero-order chi connectivity index (χ0) is 8.48. The first-order valence-electron chi connectivity index (χ1n) is 2.52. The smallest absolute Gasteiger partial charge is 0.390 e. The van der Waals surface area contributed by atoms with E-state index in [1.165, 1.54) is 0 Å². The Bertz CT molecular complexity index is 210. The van der Waals surface area contributed by atoms with Gasteiger partial charge in [0, 0.05) is 0 Å². The maximum atomic E-state index is 11.4. The van der Waals surface area contributed by atoms with Crippen molar-refractivity contribution in [3.8, 4) is 0 Å². The molecule has 0 aromatic carbocycles. The average Bonchev–Trinajstić information content (AvgIpc) is 2.10. The summed E-state index contributed by atoms with van der Waals surface area (Å²) in [5.74, 6) is -0.706. The molecule has 0 aromatic heterocycles. The van der Waals surface area contributed by atoms with Crippen LogP contribution in [0.3, 0.4) is 0 Å². The highest BCUT2D eigenvalue weighted by Gasteiger charge is 2.34. The summed E-state index contributed by atoms with van der Waals surface area (Å²) in [4.78, 5) is 13.0. The number of amides is 2. The molecule has 0 fully saturated rings. The Hall–Kier alpha value is -1.27. The van der Waals surface area contributed by atoms with E-state index >= 15 is 0 Å². The standard InChI is InChI=1S/C4H2F3N2O2/c5-4(6,7)11-2-1-8-3(10)9-2/h1H2. The van der Waals surface area contributed by atoms with E-state index in [-0.39, 0.29) is 0 Å². The van der Waals surface area contributed by atoms with Gasteiger partial charge in [0.25, 0.3) is 0 Å². The first-order chi connectivity index (χ1) is 4.97. The van der Waals surface area contributed by atoms with Crippen molar-refractivity contribution in [2.75, 3.05) is 6.54 Å². The Morgan fingerprint density at radius 1 is 1.45 bits per heavy atom. The third-order valence-electron chi connectivity index (χ3n) is 0.803. The highest BCUT2D eigenvalue weighted by atomic mass is 19.4. The van der Waals surface area contributed by atoms with Crippen molar-refractivity contribution in [1.82, 2.24) is 5.32 Å². The Morgan fingerprint density at radius 3 is 2.45 bits per heavy atom. The first kappa shape index (κ1) is 7.83. The average molecular weight is 167 g/mol. The number of hydrogen-bond donors (Lipinski definition) is 0. The largest absolute Gasteiger partial charge is 0.574 e. The molecule has 61 valence electrons. The molecule has 1 heterocycles. The summed E-state index contributed by atoms with van der Waals surface area (Å²) in [5.41, 5.74) is 0. The van der Waals surface area contributed by atoms with Crippen LogP contribution in [0.2, 0.25) is 0 Å². The zero-order valence-corrected chi connectivity index (χ0v) is 5.05. The number of carbonyl (C=O) groups excluding carboxylic acids is 1. The summed E-state index contributed by atoms with van der Waals surface area (Å²) < 4.78 is 37.4. The lowest BCUT2D eigenvalue weighted by Crippen LogP contribution is -2.21. The third kappa shape index (κ3) is 2.44. The van der Waals surface area contributed by atoms with Gasteiger partial charge in [-0.05, 0) is 0 Å². The molecule has 4 nitrogen and oxygen atoms in total. The minimum atomic E-state index is -4.79. The Labute approximate surface area is 59.0 Å². The molecule has 0 saturated carbocycles. The molecule has 7 heteroatoms. The number of nitrogens with zero attached hydrogens (tertiary/aromatic N) is 2. The van der Waals surface area contributed by atoms with E-state index < -0.39 is 24.8 Å². The summed E-state index contributed by atoms with van der Waals surface area (Å²) in [6.45, 7) is -0.432. The summed E-state index contributed by atoms with van der Waals surface area (Å²) in [5, 5.41) is 3.03. The topological polar surface area (TPSA) is 52.8 Å². The molecule has 0 aromatic rings. The maximum absolute atomic E-state index is 11.4. The van der Waals surface area contributed by atoms with Gasteiger partial charge >= 0.3 is 12.4 Å². The summed E-state index contributed by atoms with van der Waals surface area (Å²) in [7, 11) is 0. The van der Waals surface area contributed by atoms with Crippen LogP contribution in [0, 0.1) is 0 Å². The van der Waals surface area contributed by atoms with Crippen LogP contribution in [-0.4, -0.2) is 24.8 Å². The molecule has 11 heavy (non-hydrogen) atoms. The minimum Gasteiger partial charge on any atom is -0.390 e. The molecule has 0 aliphatic carbocycles. The Kier molecular flexibility index (Phi) is 1.71. The SMILES string of the molecule is O=C1[N]CC(OC(F)(F)F)=N1. The van der Waals surface area contributed by atoms with Gasteiger partial charge in [0.15, 0.2) is 0 Å². The predicted molar refractivity (Wildman–Crippen MR) is 27.0 cm³/mol. The predicted octanol–water partition coefficient (Wildman–Crippen LogP) is 0.659. The van der Waals surface area contributed by atoms with Crippen molar-refractivity contribution >= 4 is 11.9 Å². The summed E-state index contributed by atoms with van der Waals surface area (Å²) >= 11 is 0. The van der Waals surface area contributed by atoms with E-state index in [4.69, 9.17) is 0 Å². The van der Waals surface area contributed by atoms with Crippen molar-refractivity contribution in [2.45, 2.75) is 6.36 Å². The highest BCUT2D eigenvalue weighted by molar-refractivity contribution is 5.98. The number of rotatable bonds is 0. The fourth-order valence-corrected chi connectivity index (χ4v) is 0.501.